The number of imidazole rings is 1. The predicted octanol–water partition coefficient (Wildman–Crippen LogP) is 1.65. The van der Waals surface area contributed by atoms with Crippen LogP contribution in [0.3, 0.4) is 0 Å². The molecule has 15 nitrogen and oxygen atoms in total. The van der Waals surface area contributed by atoms with Gasteiger partial charge in [-0.15, -0.1) is 0 Å². The first-order chi connectivity index (χ1) is 23.3. The smallest absolute Gasteiger partial charge is 0.335 e. The van der Waals surface area contributed by atoms with Crippen molar-refractivity contribution in [3.8, 4) is 28.4 Å². The maximum Gasteiger partial charge on any atom is 0.335 e. The van der Waals surface area contributed by atoms with Crippen molar-refractivity contribution in [3.63, 3.8) is 0 Å². The van der Waals surface area contributed by atoms with E-state index in [0.717, 1.165) is 24.4 Å². The minimum absolute atomic E-state index is 0.0421. The van der Waals surface area contributed by atoms with Crippen LogP contribution in [0.4, 0.5) is 8.78 Å². The highest BCUT2D eigenvalue weighted by atomic mass is 19.1. The summed E-state index contributed by atoms with van der Waals surface area (Å²) in [4.78, 5) is 44.3. The Balaban J connectivity index is 0.000000409. The molecule has 1 amide bonds. The van der Waals surface area contributed by atoms with Gasteiger partial charge in [-0.05, 0) is 60.8 Å². The summed E-state index contributed by atoms with van der Waals surface area (Å²) in [6.07, 6.45) is -2.45. The number of ether oxygens (including phenoxy) is 1. The van der Waals surface area contributed by atoms with E-state index in [1.165, 1.54) is 18.2 Å². The van der Waals surface area contributed by atoms with Crippen LogP contribution in [-0.4, -0.2) is 125 Å². The molecule has 2 aromatic carbocycles. The average Bonchev–Trinajstić information content (AvgIpc) is 3.85. The highest BCUT2D eigenvalue weighted by Crippen LogP contribution is 2.35. The second-order valence-electron chi connectivity index (χ2n) is 11.8. The van der Waals surface area contributed by atoms with Crippen molar-refractivity contribution in [1.82, 2.24) is 30.0 Å². The van der Waals surface area contributed by atoms with E-state index in [1.807, 2.05) is 18.9 Å². The zero-order chi connectivity index (χ0) is 35.6. The van der Waals surface area contributed by atoms with Gasteiger partial charge in [-0.25, -0.2) is 23.4 Å². The SMILES string of the molecule is CCc1cc(O)c(F)cc1-c1cc(F)c2c(-c3nc4c([nH]3)CCN(C(=O)CN(C)C3CCOC3)C4)n[nH]c2c1.O=C(O)C(O)C(O)C(=O)O. The third-order valence-corrected chi connectivity index (χ3v) is 8.61. The van der Waals surface area contributed by atoms with Crippen molar-refractivity contribution >= 4 is 28.7 Å². The molecule has 0 aliphatic carbocycles. The number of aromatic hydroxyl groups is 1. The molecule has 4 aromatic rings. The summed E-state index contributed by atoms with van der Waals surface area (Å²) in [7, 11) is 1.95. The molecule has 3 atom stereocenters. The number of aliphatic hydroxyl groups is 2. The number of rotatable bonds is 9. The Bertz CT molecular complexity index is 1860. The van der Waals surface area contributed by atoms with E-state index in [0.29, 0.717) is 72.8 Å². The highest BCUT2D eigenvalue weighted by Gasteiger charge is 2.30. The number of phenols is 1. The minimum Gasteiger partial charge on any atom is -0.505 e. The summed E-state index contributed by atoms with van der Waals surface area (Å²) in [5.41, 5.74) is 4.13. The van der Waals surface area contributed by atoms with Crippen LogP contribution in [0.1, 0.15) is 30.3 Å². The third-order valence-electron chi connectivity index (χ3n) is 8.61. The number of amides is 1. The number of carboxylic acids is 2. The van der Waals surface area contributed by atoms with E-state index in [2.05, 4.69) is 15.2 Å². The normalized spacial score (nSPS) is 17.0. The van der Waals surface area contributed by atoms with E-state index in [1.54, 1.807) is 11.0 Å². The number of carbonyl (C=O) groups is 3. The molecule has 17 heteroatoms. The Morgan fingerprint density at radius 2 is 1.82 bits per heavy atom. The lowest BCUT2D eigenvalue weighted by Gasteiger charge is -2.29. The second kappa shape index (κ2) is 14.7. The van der Waals surface area contributed by atoms with E-state index in [4.69, 9.17) is 30.1 Å². The number of likely N-dealkylation sites (N-methyl/N-ethyl adjacent to an activating group) is 1. The first-order valence-electron chi connectivity index (χ1n) is 15.4. The molecule has 0 radical (unpaired) electrons. The maximum atomic E-state index is 15.5. The number of aliphatic hydroxyl groups excluding tert-OH is 2. The molecule has 7 N–H and O–H groups in total. The first kappa shape index (κ1) is 35.3. The number of hydrogen-bond acceptors (Lipinski definition) is 10. The summed E-state index contributed by atoms with van der Waals surface area (Å²) in [5, 5.41) is 49.8. The quantitative estimate of drug-likeness (QED) is 0.133. The van der Waals surface area contributed by atoms with E-state index >= 15 is 4.39 Å². The molecule has 0 spiro atoms. The number of carbonyl (C=O) groups excluding carboxylic acids is 1. The molecule has 6 rings (SSSR count). The number of aromatic amines is 2. The number of benzene rings is 2. The van der Waals surface area contributed by atoms with Crippen LogP contribution >= 0.6 is 0 Å². The highest BCUT2D eigenvalue weighted by molar-refractivity contribution is 5.95. The van der Waals surface area contributed by atoms with Crippen molar-refractivity contribution in [1.29, 1.82) is 0 Å². The van der Waals surface area contributed by atoms with Gasteiger partial charge < -0.3 is 40.2 Å². The number of nitrogens with one attached hydrogen (secondary N) is 2. The van der Waals surface area contributed by atoms with Gasteiger partial charge in [0.15, 0.2) is 29.6 Å². The maximum absolute atomic E-state index is 15.5. The molecule has 1 fully saturated rings. The fraction of sp³-hybridized carbons (Fsp3) is 0.406. The zero-order valence-electron chi connectivity index (χ0n) is 26.6. The zero-order valence-corrected chi connectivity index (χ0v) is 26.6. The molecule has 2 aliphatic rings. The van der Waals surface area contributed by atoms with Crippen LogP contribution in [0.15, 0.2) is 24.3 Å². The number of aromatic nitrogens is 4. The number of phenolic OH excluding ortho intramolecular Hbond substituents is 1. The van der Waals surface area contributed by atoms with Gasteiger partial charge in [-0.2, -0.15) is 5.10 Å². The molecule has 0 bridgehead atoms. The van der Waals surface area contributed by atoms with Gasteiger partial charge in [-0.1, -0.05) is 6.92 Å². The number of aryl methyl sites for hydroxylation is 1. The summed E-state index contributed by atoms with van der Waals surface area (Å²) >= 11 is 0. The van der Waals surface area contributed by atoms with Crippen molar-refractivity contribution in [2.75, 3.05) is 33.4 Å². The van der Waals surface area contributed by atoms with Gasteiger partial charge in [0.2, 0.25) is 5.91 Å². The molecular formula is C32H36F2N6O9. The summed E-state index contributed by atoms with van der Waals surface area (Å²) in [6, 6.07) is 5.92. The number of halogens is 2. The van der Waals surface area contributed by atoms with Crippen molar-refractivity contribution in [2.45, 2.75) is 51.0 Å². The van der Waals surface area contributed by atoms with Gasteiger partial charge in [-0.3, -0.25) is 14.8 Å². The topological polar surface area (TPSA) is 225 Å². The summed E-state index contributed by atoms with van der Waals surface area (Å²) < 4.78 is 35.1. The Labute approximate surface area is 277 Å². The number of aliphatic carboxylic acids is 2. The molecule has 262 valence electrons. The molecule has 2 aliphatic heterocycles. The molecule has 3 unspecified atom stereocenters. The molecule has 4 heterocycles. The largest absolute Gasteiger partial charge is 0.505 e. The van der Waals surface area contributed by atoms with Crippen LogP contribution in [0, 0.1) is 11.6 Å². The average molecular weight is 687 g/mol. The standard InChI is InChI=1S/C28H30F2N6O3.C4H6O6/c1-3-15-10-24(37)19(29)11-18(15)16-8-20(30)26-22(9-16)33-34-27(26)28-31-21-4-6-36(12-23(21)32-28)25(38)13-35(2)17-5-7-39-14-17;5-1(3(7)8)2(6)4(9)10/h8-11,17,37H,3-7,12-14H2,1-2H3,(H,31,32)(H,33,34);1-2,5-6H,(H,7,8)(H,9,10). The van der Waals surface area contributed by atoms with E-state index in [-0.39, 0.29) is 17.3 Å². The second-order valence-corrected chi connectivity index (χ2v) is 11.8. The number of fused-ring (bicyclic) bond motifs is 2. The van der Waals surface area contributed by atoms with E-state index in [9.17, 15) is 23.9 Å². The van der Waals surface area contributed by atoms with Gasteiger partial charge in [0.25, 0.3) is 0 Å². The van der Waals surface area contributed by atoms with Gasteiger partial charge in [0.1, 0.15) is 11.5 Å². The van der Waals surface area contributed by atoms with Gasteiger partial charge in [0.05, 0.1) is 36.3 Å². The Hall–Kier alpha value is -4.97. The third kappa shape index (κ3) is 7.54. The van der Waals surface area contributed by atoms with Crippen molar-refractivity contribution < 1.29 is 53.4 Å². The first-order valence-corrected chi connectivity index (χ1v) is 15.4. The van der Waals surface area contributed by atoms with Crippen LogP contribution in [-0.2, 0) is 38.5 Å². The Kier molecular flexibility index (Phi) is 10.6. The van der Waals surface area contributed by atoms with E-state index < -0.39 is 41.5 Å². The molecule has 1 saturated heterocycles. The molecule has 0 saturated carbocycles. The predicted molar refractivity (Wildman–Crippen MR) is 168 cm³/mol. The molecule has 2 aromatic heterocycles. The lowest BCUT2D eigenvalue weighted by molar-refractivity contribution is -0.165. The summed E-state index contributed by atoms with van der Waals surface area (Å²) in [6.45, 7) is 4.53. The minimum atomic E-state index is -2.27. The molecule has 49 heavy (non-hydrogen) atoms. The number of hydrogen-bond donors (Lipinski definition) is 7. The summed E-state index contributed by atoms with van der Waals surface area (Å²) in [5.74, 6) is -4.78. The fourth-order valence-corrected chi connectivity index (χ4v) is 5.80. The van der Waals surface area contributed by atoms with Gasteiger partial charge in [0, 0.05) is 31.3 Å². The lowest BCUT2D eigenvalue weighted by atomic mass is 9.96. The van der Waals surface area contributed by atoms with Crippen molar-refractivity contribution in [3.05, 3.63) is 52.9 Å². The number of nitrogens with zero attached hydrogens (tertiary/aromatic N) is 4. The molecular weight excluding hydrogens is 650 g/mol. The van der Waals surface area contributed by atoms with Crippen LogP contribution in [0.2, 0.25) is 0 Å². The van der Waals surface area contributed by atoms with Crippen molar-refractivity contribution in [2.24, 2.45) is 0 Å². The number of H-pyrrole nitrogens is 2. The fourth-order valence-electron chi connectivity index (χ4n) is 5.80. The number of carboxylic acid groups (broad SMARTS) is 2. The monoisotopic (exact) mass is 686 g/mol. The Morgan fingerprint density at radius 1 is 1.10 bits per heavy atom. The van der Waals surface area contributed by atoms with Crippen LogP contribution in [0.25, 0.3) is 33.5 Å². The van der Waals surface area contributed by atoms with Crippen LogP contribution in [0.5, 0.6) is 5.75 Å². The Morgan fingerprint density at radius 3 is 2.45 bits per heavy atom. The van der Waals surface area contributed by atoms with Gasteiger partial charge >= 0.3 is 11.9 Å². The van der Waals surface area contributed by atoms with Crippen LogP contribution < -0.4 is 0 Å². The lowest BCUT2D eigenvalue weighted by Crippen LogP contribution is -2.44.